The van der Waals surface area contributed by atoms with Crippen molar-refractivity contribution in [3.05, 3.63) is 83.4 Å². The molecule has 110 valence electrons. The number of nitrogens with zero attached hydrogens (tertiary/aromatic N) is 1. The van der Waals surface area contributed by atoms with Crippen LogP contribution in [0.1, 0.15) is 16.7 Å². The van der Waals surface area contributed by atoms with Crippen LogP contribution in [0.5, 0.6) is 0 Å². The molecule has 0 N–H and O–H groups in total. The van der Waals surface area contributed by atoms with Gasteiger partial charge in [0.25, 0.3) is 0 Å². The number of halogens is 3. The first-order chi connectivity index (χ1) is 10.5. The van der Waals surface area contributed by atoms with Gasteiger partial charge in [-0.1, -0.05) is 54.6 Å². The molecule has 2 aromatic rings. The van der Waals surface area contributed by atoms with Crippen molar-refractivity contribution in [1.29, 1.82) is 5.26 Å². The topological polar surface area (TPSA) is 23.8 Å². The highest BCUT2D eigenvalue weighted by Gasteiger charge is 2.30. The fourth-order valence-corrected chi connectivity index (χ4v) is 1.88. The van der Waals surface area contributed by atoms with Gasteiger partial charge in [0.05, 0.1) is 17.2 Å². The molecule has 4 heteroatoms. The van der Waals surface area contributed by atoms with Crippen LogP contribution in [0.3, 0.4) is 0 Å². The zero-order chi connectivity index (χ0) is 16.0. The lowest BCUT2D eigenvalue weighted by atomic mass is 10.0. The molecule has 0 unspecified atom stereocenters. The molecular weight excluding hydrogens is 287 g/mol. The molecule has 0 spiro atoms. The fourth-order valence-electron chi connectivity index (χ4n) is 1.88. The first kappa shape index (κ1) is 15.6. The quantitative estimate of drug-likeness (QED) is 0.555. The van der Waals surface area contributed by atoms with Crippen molar-refractivity contribution in [2.24, 2.45) is 0 Å². The Balaban J connectivity index is 2.27. The van der Waals surface area contributed by atoms with Crippen LogP contribution in [0.15, 0.2) is 66.7 Å². The molecule has 22 heavy (non-hydrogen) atoms. The lowest BCUT2D eigenvalue weighted by Crippen LogP contribution is -2.04. The zero-order valence-corrected chi connectivity index (χ0v) is 11.5. The number of hydrogen-bond acceptors (Lipinski definition) is 1. The van der Waals surface area contributed by atoms with E-state index in [1.165, 1.54) is 18.2 Å². The predicted octanol–water partition coefficient (Wildman–Crippen LogP) is 5.33. The molecule has 0 saturated heterocycles. The third-order valence-corrected chi connectivity index (χ3v) is 2.97. The zero-order valence-electron chi connectivity index (χ0n) is 11.5. The Labute approximate surface area is 126 Å². The summed E-state index contributed by atoms with van der Waals surface area (Å²) in [5.41, 5.74) is 0.603. The largest absolute Gasteiger partial charge is 0.416 e. The summed E-state index contributed by atoms with van der Waals surface area (Å²) in [5, 5.41) is 9.14. The molecule has 0 aliphatic heterocycles. The van der Waals surface area contributed by atoms with Gasteiger partial charge in [0, 0.05) is 0 Å². The SMILES string of the molecule is N#CC(=CC=Cc1ccccc1)c1cccc(C(F)(F)F)c1. The Hall–Kier alpha value is -2.80. The second-order valence-electron chi connectivity index (χ2n) is 4.54. The van der Waals surface area contributed by atoms with Crippen LogP contribution in [0.25, 0.3) is 11.6 Å². The van der Waals surface area contributed by atoms with Crippen LogP contribution in [0, 0.1) is 11.3 Å². The van der Waals surface area contributed by atoms with E-state index in [1.807, 2.05) is 36.4 Å². The van der Waals surface area contributed by atoms with Crippen molar-refractivity contribution in [1.82, 2.24) is 0 Å². The maximum absolute atomic E-state index is 12.7. The molecule has 0 radical (unpaired) electrons. The summed E-state index contributed by atoms with van der Waals surface area (Å²) in [5.74, 6) is 0. The standard InChI is InChI=1S/C18H12F3N/c19-18(20,21)17-11-5-9-15(12-17)16(13-22)10-4-8-14-6-2-1-3-7-14/h1-12H. The van der Waals surface area contributed by atoms with Crippen molar-refractivity contribution in [3.8, 4) is 6.07 Å². The van der Waals surface area contributed by atoms with Gasteiger partial charge in [-0.05, 0) is 29.3 Å². The maximum Gasteiger partial charge on any atom is 0.416 e. The highest BCUT2D eigenvalue weighted by molar-refractivity contribution is 5.79. The molecule has 0 heterocycles. The second kappa shape index (κ2) is 6.77. The number of rotatable bonds is 3. The predicted molar refractivity (Wildman–Crippen MR) is 80.5 cm³/mol. The molecule has 0 atom stereocenters. The third kappa shape index (κ3) is 4.10. The smallest absolute Gasteiger partial charge is 0.192 e. The third-order valence-electron chi connectivity index (χ3n) is 2.97. The molecule has 2 aromatic carbocycles. The van der Waals surface area contributed by atoms with Crippen LogP contribution in [-0.2, 0) is 6.18 Å². The van der Waals surface area contributed by atoms with Crippen LogP contribution in [-0.4, -0.2) is 0 Å². The van der Waals surface area contributed by atoms with E-state index >= 15 is 0 Å². The normalized spacial score (nSPS) is 12.4. The average molecular weight is 299 g/mol. The number of benzene rings is 2. The Kier molecular flexibility index (Phi) is 4.80. The number of allylic oxidation sites excluding steroid dienone is 3. The van der Waals surface area contributed by atoms with Gasteiger partial charge in [-0.15, -0.1) is 0 Å². The summed E-state index contributed by atoms with van der Waals surface area (Å²) >= 11 is 0. The van der Waals surface area contributed by atoms with Crippen LogP contribution in [0.4, 0.5) is 13.2 Å². The molecular formula is C18H12F3N. The summed E-state index contributed by atoms with van der Waals surface area (Å²) in [7, 11) is 0. The van der Waals surface area contributed by atoms with E-state index in [0.717, 1.165) is 17.7 Å². The molecule has 0 amide bonds. The van der Waals surface area contributed by atoms with Gasteiger partial charge in [0.2, 0.25) is 0 Å². The Morgan fingerprint density at radius 3 is 2.36 bits per heavy atom. The van der Waals surface area contributed by atoms with Crippen molar-refractivity contribution in [3.63, 3.8) is 0 Å². The average Bonchev–Trinajstić information content (AvgIpc) is 2.52. The molecule has 2 rings (SSSR count). The summed E-state index contributed by atoms with van der Waals surface area (Å²) in [6.07, 6.45) is 0.512. The minimum atomic E-state index is -4.42. The molecule has 1 nitrogen and oxygen atoms in total. The minimum Gasteiger partial charge on any atom is -0.192 e. The fraction of sp³-hybridized carbons (Fsp3) is 0.0556. The Morgan fingerprint density at radius 2 is 1.73 bits per heavy atom. The van der Waals surface area contributed by atoms with Gasteiger partial charge in [-0.3, -0.25) is 0 Å². The van der Waals surface area contributed by atoms with Gasteiger partial charge in [-0.25, -0.2) is 0 Å². The van der Waals surface area contributed by atoms with Crippen LogP contribution in [0.2, 0.25) is 0 Å². The van der Waals surface area contributed by atoms with Gasteiger partial charge < -0.3 is 0 Å². The van der Waals surface area contributed by atoms with E-state index in [-0.39, 0.29) is 11.1 Å². The maximum atomic E-state index is 12.7. The van der Waals surface area contributed by atoms with E-state index in [1.54, 1.807) is 12.2 Å². The van der Waals surface area contributed by atoms with E-state index in [2.05, 4.69) is 0 Å². The minimum absolute atomic E-state index is 0.179. The van der Waals surface area contributed by atoms with Gasteiger partial charge in [0.15, 0.2) is 0 Å². The highest BCUT2D eigenvalue weighted by Crippen LogP contribution is 2.30. The number of nitriles is 1. The number of alkyl halides is 3. The van der Waals surface area contributed by atoms with Crippen molar-refractivity contribution < 1.29 is 13.2 Å². The van der Waals surface area contributed by atoms with Gasteiger partial charge >= 0.3 is 6.18 Å². The first-order valence-electron chi connectivity index (χ1n) is 6.52. The summed E-state index contributed by atoms with van der Waals surface area (Å²) in [6, 6.07) is 16.1. The lowest BCUT2D eigenvalue weighted by Gasteiger charge is -2.07. The Morgan fingerprint density at radius 1 is 1.00 bits per heavy atom. The summed E-state index contributed by atoms with van der Waals surface area (Å²) < 4.78 is 38.1. The summed E-state index contributed by atoms with van der Waals surface area (Å²) in [6.45, 7) is 0. The van der Waals surface area contributed by atoms with E-state index < -0.39 is 11.7 Å². The molecule has 0 aliphatic carbocycles. The van der Waals surface area contributed by atoms with Gasteiger partial charge in [-0.2, -0.15) is 18.4 Å². The van der Waals surface area contributed by atoms with E-state index in [4.69, 9.17) is 5.26 Å². The summed E-state index contributed by atoms with van der Waals surface area (Å²) in [4.78, 5) is 0. The molecule has 0 fully saturated rings. The van der Waals surface area contributed by atoms with Crippen molar-refractivity contribution in [2.75, 3.05) is 0 Å². The monoisotopic (exact) mass is 299 g/mol. The van der Waals surface area contributed by atoms with E-state index in [0.29, 0.717) is 0 Å². The highest BCUT2D eigenvalue weighted by atomic mass is 19.4. The van der Waals surface area contributed by atoms with Crippen molar-refractivity contribution in [2.45, 2.75) is 6.18 Å². The molecule has 0 bridgehead atoms. The van der Waals surface area contributed by atoms with Gasteiger partial charge in [0.1, 0.15) is 0 Å². The Bertz CT molecular complexity index is 735. The van der Waals surface area contributed by atoms with Crippen LogP contribution < -0.4 is 0 Å². The van der Waals surface area contributed by atoms with Crippen LogP contribution >= 0.6 is 0 Å². The molecule has 0 saturated carbocycles. The van der Waals surface area contributed by atoms with Crippen molar-refractivity contribution >= 4 is 11.6 Å². The molecule has 0 aliphatic rings. The number of hydrogen-bond donors (Lipinski definition) is 0. The second-order valence-corrected chi connectivity index (χ2v) is 4.54. The molecule has 0 aromatic heterocycles. The lowest BCUT2D eigenvalue weighted by molar-refractivity contribution is -0.137. The van der Waals surface area contributed by atoms with E-state index in [9.17, 15) is 13.2 Å². The first-order valence-corrected chi connectivity index (χ1v) is 6.52.